The highest BCUT2D eigenvalue weighted by Crippen LogP contribution is 1.95. The summed E-state index contributed by atoms with van der Waals surface area (Å²) >= 11 is 3.14. The van der Waals surface area contributed by atoms with Crippen LogP contribution in [0.4, 0.5) is 0 Å². The third-order valence-corrected chi connectivity index (χ3v) is 1.38. The van der Waals surface area contributed by atoms with Crippen molar-refractivity contribution >= 4 is 21.8 Å². The van der Waals surface area contributed by atoms with E-state index in [0.29, 0.717) is 13.2 Å². The lowest BCUT2D eigenvalue weighted by atomic mass is 10.4. The maximum absolute atomic E-state index is 10.8. The van der Waals surface area contributed by atoms with Crippen molar-refractivity contribution in [2.24, 2.45) is 0 Å². The molecule has 0 rings (SSSR count). The van der Waals surface area contributed by atoms with Crippen molar-refractivity contribution in [3.63, 3.8) is 0 Å². The zero-order valence-corrected chi connectivity index (χ0v) is 7.77. The van der Waals surface area contributed by atoms with Crippen LogP contribution < -0.4 is 5.32 Å². The Labute approximate surface area is 69.3 Å². The highest BCUT2D eigenvalue weighted by molar-refractivity contribution is 9.10. The number of alkyl halides is 1. The number of methoxy groups -OCH3 is 1. The molecule has 0 saturated heterocycles. The highest BCUT2D eigenvalue weighted by Gasteiger charge is 2.05. The average molecular weight is 210 g/mol. The summed E-state index contributed by atoms with van der Waals surface area (Å²) in [5, 5.41) is 2.67. The van der Waals surface area contributed by atoms with Crippen LogP contribution in [-0.2, 0) is 9.53 Å². The monoisotopic (exact) mass is 209 g/mol. The van der Waals surface area contributed by atoms with Gasteiger partial charge in [0.1, 0.15) is 0 Å². The van der Waals surface area contributed by atoms with Crippen LogP contribution in [0.3, 0.4) is 0 Å². The number of rotatable bonds is 4. The number of hydrogen-bond acceptors (Lipinski definition) is 2. The molecule has 0 fully saturated rings. The van der Waals surface area contributed by atoms with Gasteiger partial charge >= 0.3 is 0 Å². The maximum atomic E-state index is 10.8. The van der Waals surface area contributed by atoms with Gasteiger partial charge in [-0.15, -0.1) is 0 Å². The summed E-state index contributed by atoms with van der Waals surface area (Å²) in [5.41, 5.74) is 0. The molecule has 0 aliphatic carbocycles. The molecular formula is C6H12BrNO2. The molecule has 1 amide bonds. The number of halogens is 1. The fourth-order valence-electron chi connectivity index (χ4n) is 0.417. The normalized spacial score (nSPS) is 12.7. The van der Waals surface area contributed by atoms with Crippen LogP contribution in [0.15, 0.2) is 0 Å². The summed E-state index contributed by atoms with van der Waals surface area (Å²) in [5.74, 6) is -0.00273. The van der Waals surface area contributed by atoms with E-state index in [-0.39, 0.29) is 10.7 Å². The molecule has 0 aliphatic heterocycles. The molecule has 0 heterocycles. The molecule has 1 unspecified atom stereocenters. The van der Waals surface area contributed by atoms with Gasteiger partial charge in [0, 0.05) is 13.7 Å². The standard InChI is InChI=1S/C6H12BrNO2/c1-5(7)6(9)8-3-4-10-2/h5H,3-4H2,1-2H3,(H,8,9). The van der Waals surface area contributed by atoms with Gasteiger partial charge in [0.25, 0.3) is 0 Å². The van der Waals surface area contributed by atoms with Crippen molar-refractivity contribution in [3.8, 4) is 0 Å². The summed E-state index contributed by atoms with van der Waals surface area (Å²) in [6.45, 7) is 2.92. The van der Waals surface area contributed by atoms with Gasteiger partial charge in [-0.2, -0.15) is 0 Å². The zero-order chi connectivity index (χ0) is 7.98. The summed E-state index contributed by atoms with van der Waals surface area (Å²) in [4.78, 5) is 10.7. The first-order valence-electron chi connectivity index (χ1n) is 3.09. The molecule has 0 radical (unpaired) electrons. The van der Waals surface area contributed by atoms with E-state index in [1.807, 2.05) is 0 Å². The Kier molecular flexibility index (Phi) is 5.63. The van der Waals surface area contributed by atoms with Crippen molar-refractivity contribution in [1.82, 2.24) is 5.32 Å². The van der Waals surface area contributed by atoms with E-state index in [1.54, 1.807) is 14.0 Å². The van der Waals surface area contributed by atoms with Crippen LogP contribution >= 0.6 is 15.9 Å². The molecule has 0 saturated carbocycles. The number of hydrogen-bond donors (Lipinski definition) is 1. The van der Waals surface area contributed by atoms with E-state index in [9.17, 15) is 4.79 Å². The number of ether oxygens (including phenoxy) is 1. The summed E-state index contributed by atoms with van der Waals surface area (Å²) in [6.07, 6.45) is 0. The molecule has 1 N–H and O–H groups in total. The topological polar surface area (TPSA) is 38.3 Å². The van der Waals surface area contributed by atoms with Crippen molar-refractivity contribution in [2.45, 2.75) is 11.8 Å². The molecule has 60 valence electrons. The summed E-state index contributed by atoms with van der Waals surface area (Å²) in [6, 6.07) is 0. The Hall–Kier alpha value is -0.0900. The summed E-state index contributed by atoms with van der Waals surface area (Å²) in [7, 11) is 1.60. The number of nitrogens with one attached hydrogen (secondary N) is 1. The van der Waals surface area contributed by atoms with Crippen molar-refractivity contribution in [3.05, 3.63) is 0 Å². The lowest BCUT2D eigenvalue weighted by Gasteiger charge is -2.04. The predicted octanol–water partition coefficient (Wildman–Crippen LogP) is 0.532. The van der Waals surface area contributed by atoms with E-state index >= 15 is 0 Å². The van der Waals surface area contributed by atoms with Gasteiger partial charge < -0.3 is 10.1 Å². The molecule has 0 aromatic heterocycles. The van der Waals surface area contributed by atoms with Gasteiger partial charge in [0.2, 0.25) is 5.91 Å². The second-order valence-corrected chi connectivity index (χ2v) is 3.27. The molecule has 0 aromatic carbocycles. The Morgan fingerprint density at radius 2 is 2.40 bits per heavy atom. The molecule has 10 heavy (non-hydrogen) atoms. The Balaban J connectivity index is 3.22. The first-order valence-corrected chi connectivity index (χ1v) is 4.00. The lowest BCUT2D eigenvalue weighted by Crippen LogP contribution is -2.31. The van der Waals surface area contributed by atoms with Crippen LogP contribution in [-0.4, -0.2) is 31.0 Å². The fourth-order valence-corrected chi connectivity index (χ4v) is 0.579. The van der Waals surface area contributed by atoms with Crippen molar-refractivity contribution < 1.29 is 9.53 Å². The minimum absolute atomic E-state index is 0.00273. The lowest BCUT2D eigenvalue weighted by molar-refractivity contribution is -0.120. The SMILES string of the molecule is COCCNC(=O)C(C)Br. The smallest absolute Gasteiger partial charge is 0.233 e. The van der Waals surface area contributed by atoms with Gasteiger partial charge in [-0.3, -0.25) is 4.79 Å². The Morgan fingerprint density at radius 3 is 2.80 bits per heavy atom. The predicted molar refractivity (Wildman–Crippen MR) is 43.3 cm³/mol. The van der Waals surface area contributed by atoms with Crippen LogP contribution in [0, 0.1) is 0 Å². The van der Waals surface area contributed by atoms with E-state index in [4.69, 9.17) is 4.74 Å². The van der Waals surface area contributed by atoms with Crippen molar-refractivity contribution in [2.75, 3.05) is 20.3 Å². The molecule has 0 spiro atoms. The van der Waals surface area contributed by atoms with E-state index in [2.05, 4.69) is 21.2 Å². The minimum atomic E-state index is -0.121. The van der Waals surface area contributed by atoms with Gasteiger partial charge in [0.05, 0.1) is 11.4 Å². The molecule has 0 aromatic rings. The molecule has 0 aliphatic rings. The van der Waals surface area contributed by atoms with Crippen LogP contribution in [0.2, 0.25) is 0 Å². The molecule has 4 heteroatoms. The van der Waals surface area contributed by atoms with Gasteiger partial charge in [-0.05, 0) is 6.92 Å². The first kappa shape index (κ1) is 9.91. The number of carbonyl (C=O) groups is 1. The molecule has 3 nitrogen and oxygen atoms in total. The third kappa shape index (κ3) is 4.76. The number of carbonyl (C=O) groups excluding carboxylic acids is 1. The second kappa shape index (κ2) is 5.68. The summed E-state index contributed by atoms with van der Waals surface area (Å²) < 4.78 is 4.74. The molecule has 1 atom stereocenters. The van der Waals surface area contributed by atoms with Crippen LogP contribution in [0.5, 0.6) is 0 Å². The molecule has 0 bridgehead atoms. The van der Waals surface area contributed by atoms with Crippen LogP contribution in [0.25, 0.3) is 0 Å². The average Bonchev–Trinajstić information content (AvgIpc) is 1.88. The van der Waals surface area contributed by atoms with Gasteiger partial charge in [-0.1, -0.05) is 15.9 Å². The third-order valence-electron chi connectivity index (χ3n) is 0.967. The second-order valence-electron chi connectivity index (χ2n) is 1.90. The zero-order valence-electron chi connectivity index (χ0n) is 6.19. The maximum Gasteiger partial charge on any atom is 0.233 e. The van der Waals surface area contributed by atoms with Gasteiger partial charge in [0.15, 0.2) is 0 Å². The fraction of sp³-hybridized carbons (Fsp3) is 0.833. The Bertz CT molecular complexity index is 106. The van der Waals surface area contributed by atoms with Gasteiger partial charge in [-0.25, -0.2) is 0 Å². The Morgan fingerprint density at radius 1 is 1.80 bits per heavy atom. The van der Waals surface area contributed by atoms with Crippen molar-refractivity contribution in [1.29, 1.82) is 0 Å². The number of amides is 1. The van der Waals surface area contributed by atoms with E-state index in [1.165, 1.54) is 0 Å². The van der Waals surface area contributed by atoms with Crippen LogP contribution in [0.1, 0.15) is 6.92 Å². The van der Waals surface area contributed by atoms with E-state index < -0.39 is 0 Å². The van der Waals surface area contributed by atoms with E-state index in [0.717, 1.165) is 0 Å². The molecular weight excluding hydrogens is 198 g/mol. The first-order chi connectivity index (χ1) is 4.68. The minimum Gasteiger partial charge on any atom is -0.383 e. The highest BCUT2D eigenvalue weighted by atomic mass is 79.9. The largest absolute Gasteiger partial charge is 0.383 e. The quantitative estimate of drug-likeness (QED) is 0.543.